The molecule has 0 saturated carbocycles. The largest absolute Gasteiger partial charge is 0.423 e. The number of aryl methyl sites for hydroxylation is 1. The summed E-state index contributed by atoms with van der Waals surface area (Å²) in [6.45, 7) is 7.36. The Labute approximate surface area is 195 Å². The Bertz CT molecular complexity index is 1180. The highest BCUT2D eigenvalue weighted by Crippen LogP contribution is 2.41. The first-order valence-electron chi connectivity index (χ1n) is 10.8. The third-order valence-corrected chi connectivity index (χ3v) is 7.64. The van der Waals surface area contributed by atoms with Crippen LogP contribution in [-0.2, 0) is 35.4 Å². The average molecular weight is 491 g/mol. The summed E-state index contributed by atoms with van der Waals surface area (Å²) in [7, 11) is -1.27. The third kappa shape index (κ3) is 5.72. The minimum Gasteiger partial charge on any atom is -0.423 e. The van der Waals surface area contributed by atoms with Gasteiger partial charge in [0.2, 0.25) is 17.0 Å². The topological polar surface area (TPSA) is 99.4 Å². The van der Waals surface area contributed by atoms with Crippen molar-refractivity contribution in [2.45, 2.75) is 56.8 Å². The van der Waals surface area contributed by atoms with E-state index in [-0.39, 0.29) is 17.9 Å². The Morgan fingerprint density at radius 2 is 2.06 bits per heavy atom. The van der Waals surface area contributed by atoms with Crippen LogP contribution in [0.25, 0.3) is 11.1 Å². The van der Waals surface area contributed by atoms with E-state index in [0.717, 1.165) is 36.4 Å². The molecule has 0 radical (unpaired) electrons. The molecule has 0 aliphatic heterocycles. The van der Waals surface area contributed by atoms with Gasteiger partial charge in [-0.15, -0.1) is 5.10 Å². The number of benzene rings is 1. The lowest BCUT2D eigenvalue weighted by Crippen LogP contribution is -2.22. The molecule has 1 aromatic carbocycles. The van der Waals surface area contributed by atoms with Gasteiger partial charge in [0.1, 0.15) is 12.5 Å². The Morgan fingerprint density at radius 1 is 1.24 bits per heavy atom. The summed E-state index contributed by atoms with van der Waals surface area (Å²) in [6, 6.07) is 8.01. The molecule has 0 amide bonds. The van der Waals surface area contributed by atoms with E-state index < -0.39 is 25.1 Å². The number of ether oxygens (including phenoxy) is 2. The van der Waals surface area contributed by atoms with Crippen LogP contribution in [0.15, 0.2) is 35.6 Å². The van der Waals surface area contributed by atoms with Crippen LogP contribution >= 0.6 is 0 Å². The van der Waals surface area contributed by atoms with Crippen molar-refractivity contribution in [2.75, 3.05) is 6.61 Å². The fraction of sp³-hybridized carbons (Fsp3) is 0.409. The number of fused-ring (bicyclic) bond motifs is 1. The van der Waals surface area contributed by atoms with Gasteiger partial charge in [-0.25, -0.2) is 9.19 Å². The SMILES string of the molecule is C[Si](C)(C)CCOCn1nc(S(=O)O)nc1Oc1c(-c2ccnc(F)c2)ccc2c1CCC2. The first-order valence-corrected chi connectivity index (χ1v) is 15.6. The molecule has 11 heteroatoms. The number of nitrogens with zero attached hydrogens (tertiary/aromatic N) is 4. The molecule has 3 aromatic rings. The molecule has 4 rings (SSSR count). The fourth-order valence-corrected chi connectivity index (χ4v) is 4.79. The van der Waals surface area contributed by atoms with E-state index in [1.165, 1.54) is 16.9 Å². The number of pyridine rings is 1. The summed E-state index contributed by atoms with van der Waals surface area (Å²) < 4.78 is 48.3. The molecular weight excluding hydrogens is 463 g/mol. The van der Waals surface area contributed by atoms with Crippen molar-refractivity contribution in [3.05, 3.63) is 47.5 Å². The second-order valence-electron chi connectivity index (χ2n) is 9.18. The zero-order chi connectivity index (χ0) is 23.6. The molecular formula is C22H27FN4O4SSi. The molecule has 176 valence electrons. The molecule has 0 spiro atoms. The average Bonchev–Trinajstić information content (AvgIpc) is 3.38. The first kappa shape index (κ1) is 23.7. The fourth-order valence-electron chi connectivity index (χ4n) is 3.71. The van der Waals surface area contributed by atoms with Crippen molar-refractivity contribution in [3.8, 4) is 22.9 Å². The molecule has 0 fully saturated rings. The minimum atomic E-state index is -2.37. The Morgan fingerprint density at radius 3 is 2.79 bits per heavy atom. The summed E-state index contributed by atoms with van der Waals surface area (Å²) >= 11 is -2.37. The van der Waals surface area contributed by atoms with Gasteiger partial charge in [0.25, 0.3) is 5.16 Å². The zero-order valence-corrected chi connectivity index (χ0v) is 20.7. The lowest BCUT2D eigenvalue weighted by molar-refractivity contribution is 0.0723. The predicted octanol–water partition coefficient (Wildman–Crippen LogP) is 4.65. The summed E-state index contributed by atoms with van der Waals surface area (Å²) in [5.41, 5.74) is 3.49. The van der Waals surface area contributed by atoms with Gasteiger partial charge in [0.05, 0.1) is 0 Å². The molecule has 0 bridgehead atoms. The van der Waals surface area contributed by atoms with E-state index in [2.05, 4.69) is 34.7 Å². The second kappa shape index (κ2) is 9.80. The third-order valence-electron chi connectivity index (χ3n) is 5.45. The maximum absolute atomic E-state index is 13.8. The molecule has 2 heterocycles. The van der Waals surface area contributed by atoms with Crippen molar-refractivity contribution in [1.29, 1.82) is 0 Å². The molecule has 1 aliphatic carbocycles. The number of hydrogen-bond donors (Lipinski definition) is 1. The van der Waals surface area contributed by atoms with E-state index in [0.29, 0.717) is 23.5 Å². The quantitative estimate of drug-likeness (QED) is 0.202. The van der Waals surface area contributed by atoms with E-state index in [1.807, 2.05) is 12.1 Å². The molecule has 2 aromatic heterocycles. The Balaban J connectivity index is 1.68. The van der Waals surface area contributed by atoms with Gasteiger partial charge in [-0.3, -0.25) is 4.55 Å². The molecule has 1 aliphatic rings. The number of rotatable bonds is 9. The highest BCUT2D eigenvalue weighted by Gasteiger charge is 2.24. The molecule has 1 N–H and O–H groups in total. The highest BCUT2D eigenvalue weighted by atomic mass is 32.2. The van der Waals surface area contributed by atoms with Crippen molar-refractivity contribution < 1.29 is 22.6 Å². The Hall–Kier alpha value is -2.47. The van der Waals surface area contributed by atoms with Gasteiger partial charge < -0.3 is 9.47 Å². The van der Waals surface area contributed by atoms with Gasteiger partial charge in [0.15, 0.2) is 0 Å². The normalized spacial score (nSPS) is 14.3. The highest BCUT2D eigenvalue weighted by molar-refractivity contribution is 7.79. The van der Waals surface area contributed by atoms with Crippen LogP contribution in [0.2, 0.25) is 25.7 Å². The van der Waals surface area contributed by atoms with Gasteiger partial charge in [-0.05, 0) is 48.1 Å². The first-order chi connectivity index (χ1) is 15.7. The second-order valence-corrected chi connectivity index (χ2v) is 15.7. The lowest BCUT2D eigenvalue weighted by Gasteiger charge is -2.17. The van der Waals surface area contributed by atoms with Crippen LogP contribution in [0.1, 0.15) is 17.5 Å². The van der Waals surface area contributed by atoms with Crippen molar-refractivity contribution in [3.63, 3.8) is 0 Å². The van der Waals surface area contributed by atoms with E-state index in [1.54, 1.807) is 6.07 Å². The van der Waals surface area contributed by atoms with Gasteiger partial charge in [0, 0.05) is 32.5 Å². The number of hydrogen-bond acceptors (Lipinski definition) is 6. The van der Waals surface area contributed by atoms with Crippen LogP contribution < -0.4 is 4.74 Å². The van der Waals surface area contributed by atoms with Gasteiger partial charge >= 0.3 is 6.01 Å². The molecule has 33 heavy (non-hydrogen) atoms. The van der Waals surface area contributed by atoms with Crippen LogP contribution in [0.5, 0.6) is 11.8 Å². The number of aromatic nitrogens is 4. The molecule has 8 nitrogen and oxygen atoms in total. The maximum atomic E-state index is 13.8. The smallest absolute Gasteiger partial charge is 0.323 e. The van der Waals surface area contributed by atoms with E-state index in [9.17, 15) is 13.2 Å². The minimum absolute atomic E-state index is 0.0399. The summed E-state index contributed by atoms with van der Waals surface area (Å²) in [4.78, 5) is 7.77. The monoisotopic (exact) mass is 490 g/mol. The Kier molecular flexibility index (Phi) is 7.03. The summed E-state index contributed by atoms with van der Waals surface area (Å²) in [6.07, 6.45) is 4.13. The van der Waals surface area contributed by atoms with Gasteiger partial charge in [-0.1, -0.05) is 31.8 Å². The van der Waals surface area contributed by atoms with Crippen LogP contribution in [0.4, 0.5) is 4.39 Å². The van der Waals surface area contributed by atoms with Crippen LogP contribution in [-0.4, -0.2) is 43.2 Å². The maximum Gasteiger partial charge on any atom is 0.323 e. The standard InChI is InChI=1S/C22H27FN4O4SSi/c1-33(2,3)12-11-30-14-27-22(25-21(26-27)32(28)29)31-20-17-6-4-5-15(17)7-8-18(20)16-9-10-24-19(23)13-16/h7-10,13H,4-6,11-12,14H2,1-3H3,(H,28,29). The summed E-state index contributed by atoms with van der Waals surface area (Å²) in [5, 5.41) is 3.84. The van der Waals surface area contributed by atoms with Crippen molar-refractivity contribution >= 4 is 19.2 Å². The zero-order valence-electron chi connectivity index (χ0n) is 18.9. The van der Waals surface area contributed by atoms with E-state index >= 15 is 0 Å². The van der Waals surface area contributed by atoms with Gasteiger partial charge in [-0.2, -0.15) is 14.1 Å². The molecule has 0 saturated heterocycles. The summed E-state index contributed by atoms with van der Waals surface area (Å²) in [5.74, 6) is -0.0440. The molecule has 1 unspecified atom stereocenters. The van der Waals surface area contributed by atoms with Crippen LogP contribution in [0.3, 0.4) is 0 Å². The van der Waals surface area contributed by atoms with Crippen molar-refractivity contribution in [2.24, 2.45) is 0 Å². The van der Waals surface area contributed by atoms with E-state index in [4.69, 9.17) is 9.47 Å². The van der Waals surface area contributed by atoms with Crippen molar-refractivity contribution in [1.82, 2.24) is 19.7 Å². The number of halogens is 1. The lowest BCUT2D eigenvalue weighted by atomic mass is 9.99. The van der Waals surface area contributed by atoms with Crippen LogP contribution in [0, 0.1) is 5.95 Å². The predicted molar refractivity (Wildman–Crippen MR) is 125 cm³/mol. The molecule has 1 atom stereocenters.